The molecule has 20 heavy (non-hydrogen) atoms. The van der Waals surface area contributed by atoms with Crippen LogP contribution in [0.4, 0.5) is 11.4 Å². The zero-order chi connectivity index (χ0) is 15.0. The van der Waals surface area contributed by atoms with Crippen LogP contribution in [0, 0.1) is 6.92 Å². The van der Waals surface area contributed by atoms with Crippen molar-refractivity contribution in [3.8, 4) is 0 Å². The number of carbonyl (C=O) groups excluding carboxylic acids is 2. The molecule has 0 saturated carbocycles. The van der Waals surface area contributed by atoms with Crippen LogP contribution in [0.1, 0.15) is 51.5 Å². The number of nitrogens with one attached hydrogen (secondary N) is 2. The van der Waals surface area contributed by atoms with Crippen LogP contribution in [0.3, 0.4) is 0 Å². The lowest BCUT2D eigenvalue weighted by atomic mass is 10.1. The lowest BCUT2D eigenvalue weighted by molar-refractivity contribution is -0.116. The van der Waals surface area contributed by atoms with Crippen LogP contribution in [-0.2, 0) is 9.59 Å². The summed E-state index contributed by atoms with van der Waals surface area (Å²) in [6.07, 6.45) is 4.06. The molecule has 2 N–H and O–H groups in total. The van der Waals surface area contributed by atoms with Gasteiger partial charge in [-0.2, -0.15) is 0 Å². The molecule has 0 fully saturated rings. The van der Waals surface area contributed by atoms with Gasteiger partial charge in [0.2, 0.25) is 11.8 Å². The van der Waals surface area contributed by atoms with E-state index in [2.05, 4.69) is 17.6 Å². The number of unbranched alkanes of at least 4 members (excludes halogenated alkanes) is 2. The van der Waals surface area contributed by atoms with Crippen LogP contribution in [0.5, 0.6) is 0 Å². The number of benzene rings is 1. The van der Waals surface area contributed by atoms with Crippen molar-refractivity contribution in [1.29, 1.82) is 0 Å². The Morgan fingerprint density at radius 3 is 2.15 bits per heavy atom. The molecule has 4 heteroatoms. The Hall–Kier alpha value is -1.84. The summed E-state index contributed by atoms with van der Waals surface area (Å²) in [7, 11) is 0. The molecule has 0 atom stereocenters. The van der Waals surface area contributed by atoms with Crippen molar-refractivity contribution >= 4 is 23.2 Å². The third-order valence-electron chi connectivity index (χ3n) is 3.21. The molecule has 2 amide bonds. The van der Waals surface area contributed by atoms with Gasteiger partial charge in [-0.25, -0.2) is 0 Å². The molecular formula is C16H24N2O2. The van der Waals surface area contributed by atoms with E-state index in [9.17, 15) is 9.59 Å². The topological polar surface area (TPSA) is 58.2 Å². The van der Waals surface area contributed by atoms with Crippen LogP contribution in [0.2, 0.25) is 0 Å². The van der Waals surface area contributed by atoms with Crippen LogP contribution in [0.25, 0.3) is 0 Å². The van der Waals surface area contributed by atoms with Crippen molar-refractivity contribution in [2.75, 3.05) is 10.6 Å². The van der Waals surface area contributed by atoms with Gasteiger partial charge in [0.1, 0.15) is 0 Å². The van der Waals surface area contributed by atoms with Gasteiger partial charge in [-0.05, 0) is 31.0 Å². The summed E-state index contributed by atoms with van der Waals surface area (Å²) in [5, 5.41) is 5.75. The predicted octanol–water partition coefficient (Wildman–Crippen LogP) is 3.86. The highest BCUT2D eigenvalue weighted by atomic mass is 16.2. The van der Waals surface area contributed by atoms with Gasteiger partial charge in [0, 0.05) is 24.2 Å². The Balaban J connectivity index is 2.68. The van der Waals surface area contributed by atoms with E-state index in [-0.39, 0.29) is 11.8 Å². The van der Waals surface area contributed by atoms with Gasteiger partial charge >= 0.3 is 0 Å². The van der Waals surface area contributed by atoms with Crippen molar-refractivity contribution in [1.82, 2.24) is 0 Å². The summed E-state index contributed by atoms with van der Waals surface area (Å²) < 4.78 is 0. The zero-order valence-electron chi connectivity index (χ0n) is 12.6. The van der Waals surface area contributed by atoms with Crippen molar-refractivity contribution in [3.63, 3.8) is 0 Å². The Bertz CT molecular complexity index is 470. The number of amides is 2. The molecule has 0 spiro atoms. The minimum absolute atomic E-state index is 0.0282. The number of rotatable bonds is 7. The lowest BCUT2D eigenvalue weighted by Crippen LogP contribution is -2.14. The molecule has 0 aliphatic carbocycles. The minimum atomic E-state index is -0.0282. The van der Waals surface area contributed by atoms with E-state index >= 15 is 0 Å². The van der Waals surface area contributed by atoms with E-state index in [1.165, 1.54) is 0 Å². The van der Waals surface area contributed by atoms with Crippen molar-refractivity contribution in [2.45, 2.75) is 52.9 Å². The van der Waals surface area contributed by atoms with Gasteiger partial charge < -0.3 is 10.6 Å². The third kappa shape index (κ3) is 5.03. The average Bonchev–Trinajstić information content (AvgIpc) is 2.43. The first-order valence-electron chi connectivity index (χ1n) is 7.27. The SMILES string of the molecule is CCCCCC(=O)Nc1cccc(NC(=O)CC)c1C. The number of hydrogen-bond acceptors (Lipinski definition) is 2. The summed E-state index contributed by atoms with van der Waals surface area (Å²) in [4.78, 5) is 23.3. The molecular weight excluding hydrogens is 252 g/mol. The maximum atomic E-state index is 11.8. The molecule has 4 nitrogen and oxygen atoms in total. The molecule has 0 aliphatic rings. The first-order chi connectivity index (χ1) is 9.58. The maximum Gasteiger partial charge on any atom is 0.224 e. The second-order valence-electron chi connectivity index (χ2n) is 4.89. The molecule has 0 aliphatic heterocycles. The van der Waals surface area contributed by atoms with Crippen molar-refractivity contribution in [2.24, 2.45) is 0 Å². The molecule has 1 aromatic rings. The van der Waals surface area contributed by atoms with Crippen molar-refractivity contribution < 1.29 is 9.59 Å². The van der Waals surface area contributed by atoms with E-state index in [1.807, 2.05) is 32.0 Å². The minimum Gasteiger partial charge on any atom is -0.326 e. The highest BCUT2D eigenvalue weighted by Gasteiger charge is 2.09. The summed E-state index contributed by atoms with van der Waals surface area (Å²) in [5.74, 6) is 0.0000374. The average molecular weight is 276 g/mol. The van der Waals surface area contributed by atoms with Gasteiger partial charge in [0.15, 0.2) is 0 Å². The standard InChI is InChI=1S/C16H24N2O2/c1-4-6-7-11-16(20)18-14-10-8-9-13(12(14)3)17-15(19)5-2/h8-10H,4-7,11H2,1-3H3,(H,17,19)(H,18,20). The molecule has 0 heterocycles. The monoisotopic (exact) mass is 276 g/mol. The highest BCUT2D eigenvalue weighted by Crippen LogP contribution is 2.23. The maximum absolute atomic E-state index is 11.8. The second kappa shape index (κ2) is 8.35. The normalized spacial score (nSPS) is 10.2. The largest absolute Gasteiger partial charge is 0.326 e. The molecule has 0 radical (unpaired) electrons. The Morgan fingerprint density at radius 1 is 1.00 bits per heavy atom. The van der Waals surface area contributed by atoms with Crippen LogP contribution >= 0.6 is 0 Å². The van der Waals surface area contributed by atoms with Gasteiger partial charge in [0.25, 0.3) is 0 Å². The van der Waals surface area contributed by atoms with Gasteiger partial charge in [-0.1, -0.05) is 32.8 Å². The third-order valence-corrected chi connectivity index (χ3v) is 3.21. The Morgan fingerprint density at radius 2 is 1.60 bits per heavy atom. The van der Waals surface area contributed by atoms with E-state index in [0.29, 0.717) is 12.8 Å². The molecule has 1 rings (SSSR count). The summed E-state index contributed by atoms with van der Waals surface area (Å²) in [6, 6.07) is 5.53. The van der Waals surface area contributed by atoms with E-state index in [4.69, 9.17) is 0 Å². The first kappa shape index (κ1) is 16.2. The lowest BCUT2D eigenvalue weighted by Gasteiger charge is -2.13. The summed E-state index contributed by atoms with van der Waals surface area (Å²) in [5.41, 5.74) is 2.40. The molecule has 110 valence electrons. The fourth-order valence-electron chi connectivity index (χ4n) is 1.89. The number of hydrogen-bond donors (Lipinski definition) is 2. The summed E-state index contributed by atoms with van der Waals surface area (Å²) in [6.45, 7) is 5.82. The van der Waals surface area contributed by atoms with Crippen LogP contribution in [-0.4, -0.2) is 11.8 Å². The Labute approximate surface area is 121 Å². The Kier molecular flexibility index (Phi) is 6.77. The number of anilines is 2. The molecule has 0 unspecified atom stereocenters. The molecule has 0 bridgehead atoms. The number of carbonyl (C=O) groups is 2. The zero-order valence-corrected chi connectivity index (χ0v) is 12.6. The predicted molar refractivity (Wildman–Crippen MR) is 82.9 cm³/mol. The fourth-order valence-corrected chi connectivity index (χ4v) is 1.89. The van der Waals surface area contributed by atoms with Gasteiger partial charge in [-0.3, -0.25) is 9.59 Å². The van der Waals surface area contributed by atoms with E-state index in [0.717, 1.165) is 36.2 Å². The second-order valence-corrected chi connectivity index (χ2v) is 4.89. The van der Waals surface area contributed by atoms with Gasteiger partial charge in [0.05, 0.1) is 0 Å². The van der Waals surface area contributed by atoms with Crippen LogP contribution in [0.15, 0.2) is 18.2 Å². The van der Waals surface area contributed by atoms with E-state index < -0.39 is 0 Å². The molecule has 0 saturated heterocycles. The molecule has 1 aromatic carbocycles. The highest BCUT2D eigenvalue weighted by molar-refractivity contribution is 5.95. The quantitative estimate of drug-likeness (QED) is 0.743. The van der Waals surface area contributed by atoms with Gasteiger partial charge in [-0.15, -0.1) is 0 Å². The molecule has 0 aromatic heterocycles. The van der Waals surface area contributed by atoms with Crippen molar-refractivity contribution in [3.05, 3.63) is 23.8 Å². The first-order valence-corrected chi connectivity index (χ1v) is 7.27. The van der Waals surface area contributed by atoms with E-state index in [1.54, 1.807) is 0 Å². The fraction of sp³-hybridized carbons (Fsp3) is 0.500. The van der Waals surface area contributed by atoms with Crippen LogP contribution < -0.4 is 10.6 Å². The smallest absolute Gasteiger partial charge is 0.224 e. The summed E-state index contributed by atoms with van der Waals surface area (Å²) >= 11 is 0.